The third kappa shape index (κ3) is 5.00. The van der Waals surface area contributed by atoms with Crippen LogP contribution in [0.3, 0.4) is 0 Å². The SMILES string of the molecule is CC(C)CCC(=O)Oc1ccc(C2CCC(=O)CC2)cc1. The summed E-state index contributed by atoms with van der Waals surface area (Å²) in [5, 5.41) is 0. The zero-order chi connectivity index (χ0) is 15.2. The molecule has 1 aliphatic rings. The van der Waals surface area contributed by atoms with E-state index in [0.717, 1.165) is 19.3 Å². The fourth-order valence-corrected chi connectivity index (χ4v) is 2.67. The van der Waals surface area contributed by atoms with Gasteiger partial charge in [-0.2, -0.15) is 0 Å². The molecule has 1 aromatic carbocycles. The minimum Gasteiger partial charge on any atom is -0.427 e. The summed E-state index contributed by atoms with van der Waals surface area (Å²) in [4.78, 5) is 22.9. The second-order valence-corrected chi connectivity index (χ2v) is 6.29. The van der Waals surface area contributed by atoms with Gasteiger partial charge in [-0.05, 0) is 48.8 Å². The average molecular weight is 288 g/mol. The van der Waals surface area contributed by atoms with Crippen LogP contribution in [0.5, 0.6) is 5.75 Å². The normalized spacial score (nSPS) is 16.2. The smallest absolute Gasteiger partial charge is 0.311 e. The fraction of sp³-hybridized carbons (Fsp3) is 0.556. The van der Waals surface area contributed by atoms with Gasteiger partial charge >= 0.3 is 5.97 Å². The quantitative estimate of drug-likeness (QED) is 0.600. The molecule has 0 aliphatic heterocycles. The van der Waals surface area contributed by atoms with E-state index in [-0.39, 0.29) is 5.97 Å². The van der Waals surface area contributed by atoms with E-state index in [0.29, 0.717) is 42.6 Å². The number of hydrogen-bond donors (Lipinski definition) is 0. The average Bonchev–Trinajstić information content (AvgIpc) is 2.47. The van der Waals surface area contributed by atoms with E-state index in [9.17, 15) is 9.59 Å². The fourth-order valence-electron chi connectivity index (χ4n) is 2.67. The molecule has 0 bridgehead atoms. The van der Waals surface area contributed by atoms with Crippen molar-refractivity contribution in [3.8, 4) is 5.75 Å². The first-order chi connectivity index (χ1) is 10.0. The van der Waals surface area contributed by atoms with Gasteiger partial charge in [-0.1, -0.05) is 26.0 Å². The number of hydrogen-bond acceptors (Lipinski definition) is 3. The van der Waals surface area contributed by atoms with Crippen LogP contribution in [-0.2, 0) is 9.59 Å². The van der Waals surface area contributed by atoms with Crippen LogP contribution in [0.1, 0.15) is 63.9 Å². The van der Waals surface area contributed by atoms with Gasteiger partial charge in [-0.15, -0.1) is 0 Å². The highest BCUT2D eigenvalue weighted by molar-refractivity contribution is 5.79. The molecule has 1 aliphatic carbocycles. The van der Waals surface area contributed by atoms with E-state index in [1.165, 1.54) is 5.56 Å². The highest BCUT2D eigenvalue weighted by Crippen LogP contribution is 2.32. The number of Topliss-reactive ketones (excluding diaryl/α,β-unsaturated/α-hetero) is 1. The lowest BCUT2D eigenvalue weighted by Gasteiger charge is -2.21. The molecule has 3 heteroatoms. The summed E-state index contributed by atoms with van der Waals surface area (Å²) < 4.78 is 5.33. The van der Waals surface area contributed by atoms with Crippen LogP contribution in [0.4, 0.5) is 0 Å². The molecule has 1 saturated carbocycles. The van der Waals surface area contributed by atoms with Crippen LogP contribution in [0.2, 0.25) is 0 Å². The first-order valence-corrected chi connectivity index (χ1v) is 7.87. The van der Waals surface area contributed by atoms with E-state index in [1.807, 2.05) is 24.3 Å². The molecule has 0 atom stereocenters. The predicted octanol–water partition coefficient (Wildman–Crippen LogP) is 4.25. The van der Waals surface area contributed by atoms with E-state index in [1.54, 1.807) is 0 Å². The largest absolute Gasteiger partial charge is 0.427 e. The maximum Gasteiger partial charge on any atom is 0.311 e. The highest BCUT2D eigenvalue weighted by atomic mass is 16.5. The van der Waals surface area contributed by atoms with Crippen molar-refractivity contribution in [3.63, 3.8) is 0 Å². The molecule has 0 aromatic heterocycles. The molecule has 1 fully saturated rings. The van der Waals surface area contributed by atoms with Crippen molar-refractivity contribution < 1.29 is 14.3 Å². The van der Waals surface area contributed by atoms with Crippen molar-refractivity contribution in [1.82, 2.24) is 0 Å². The van der Waals surface area contributed by atoms with Crippen LogP contribution >= 0.6 is 0 Å². The van der Waals surface area contributed by atoms with Gasteiger partial charge in [0.15, 0.2) is 0 Å². The monoisotopic (exact) mass is 288 g/mol. The Bertz CT molecular complexity index is 478. The lowest BCUT2D eigenvalue weighted by atomic mass is 9.83. The summed E-state index contributed by atoms with van der Waals surface area (Å²) in [7, 11) is 0. The Balaban J connectivity index is 1.87. The lowest BCUT2D eigenvalue weighted by molar-refractivity contribution is -0.134. The van der Waals surface area contributed by atoms with E-state index in [2.05, 4.69) is 13.8 Å². The molecule has 0 spiro atoms. The number of rotatable bonds is 5. The molecule has 0 heterocycles. The van der Waals surface area contributed by atoms with E-state index in [4.69, 9.17) is 4.74 Å². The zero-order valence-corrected chi connectivity index (χ0v) is 12.9. The molecular weight excluding hydrogens is 264 g/mol. The summed E-state index contributed by atoms with van der Waals surface area (Å²) in [5.74, 6) is 1.79. The molecule has 2 rings (SSSR count). The number of esters is 1. The van der Waals surface area contributed by atoms with Crippen LogP contribution in [0.15, 0.2) is 24.3 Å². The number of carbonyl (C=O) groups is 2. The third-order valence-corrected chi connectivity index (χ3v) is 4.05. The molecule has 0 radical (unpaired) electrons. The Morgan fingerprint density at radius 3 is 2.38 bits per heavy atom. The minimum absolute atomic E-state index is 0.167. The van der Waals surface area contributed by atoms with Crippen LogP contribution in [0, 0.1) is 5.92 Å². The van der Waals surface area contributed by atoms with Crippen molar-refractivity contribution in [2.24, 2.45) is 5.92 Å². The summed E-state index contributed by atoms with van der Waals surface area (Å²) in [6.45, 7) is 4.19. The molecule has 0 N–H and O–H groups in total. The van der Waals surface area contributed by atoms with Crippen LogP contribution in [0.25, 0.3) is 0 Å². The van der Waals surface area contributed by atoms with Gasteiger partial charge in [-0.25, -0.2) is 0 Å². The molecule has 21 heavy (non-hydrogen) atoms. The molecule has 0 saturated heterocycles. The predicted molar refractivity (Wildman–Crippen MR) is 82.4 cm³/mol. The third-order valence-electron chi connectivity index (χ3n) is 4.05. The second-order valence-electron chi connectivity index (χ2n) is 6.29. The summed E-state index contributed by atoms with van der Waals surface area (Å²) in [6.07, 6.45) is 4.57. The molecular formula is C18H24O3. The second kappa shape index (κ2) is 7.39. The summed E-state index contributed by atoms with van der Waals surface area (Å²) in [5.41, 5.74) is 1.24. The Morgan fingerprint density at radius 2 is 1.81 bits per heavy atom. The van der Waals surface area contributed by atoms with Crippen LogP contribution < -0.4 is 4.74 Å². The van der Waals surface area contributed by atoms with Gasteiger partial charge in [0.25, 0.3) is 0 Å². The van der Waals surface area contributed by atoms with Crippen molar-refractivity contribution in [1.29, 1.82) is 0 Å². The maximum absolute atomic E-state index is 11.7. The summed E-state index contributed by atoms with van der Waals surface area (Å²) in [6, 6.07) is 7.76. The highest BCUT2D eigenvalue weighted by Gasteiger charge is 2.20. The lowest BCUT2D eigenvalue weighted by Crippen LogP contribution is -2.12. The van der Waals surface area contributed by atoms with Gasteiger partial charge < -0.3 is 4.74 Å². The van der Waals surface area contributed by atoms with Gasteiger partial charge in [0.2, 0.25) is 0 Å². The number of benzene rings is 1. The van der Waals surface area contributed by atoms with Crippen molar-refractivity contribution >= 4 is 11.8 Å². The first-order valence-electron chi connectivity index (χ1n) is 7.87. The topological polar surface area (TPSA) is 43.4 Å². The molecule has 1 aromatic rings. The first kappa shape index (κ1) is 15.7. The number of carbonyl (C=O) groups excluding carboxylic acids is 2. The van der Waals surface area contributed by atoms with Crippen molar-refractivity contribution in [2.45, 2.75) is 58.3 Å². The van der Waals surface area contributed by atoms with Crippen molar-refractivity contribution in [3.05, 3.63) is 29.8 Å². The van der Waals surface area contributed by atoms with Gasteiger partial charge in [-0.3, -0.25) is 9.59 Å². The van der Waals surface area contributed by atoms with Gasteiger partial charge in [0.05, 0.1) is 0 Å². The van der Waals surface area contributed by atoms with E-state index >= 15 is 0 Å². The minimum atomic E-state index is -0.167. The Hall–Kier alpha value is -1.64. The Kier molecular flexibility index (Phi) is 5.54. The maximum atomic E-state index is 11.7. The Labute approximate surface area is 126 Å². The number of ketones is 1. The van der Waals surface area contributed by atoms with Crippen LogP contribution in [-0.4, -0.2) is 11.8 Å². The van der Waals surface area contributed by atoms with Gasteiger partial charge in [0.1, 0.15) is 11.5 Å². The molecule has 0 unspecified atom stereocenters. The standard InChI is InChI=1S/C18H24O3/c1-13(2)3-12-18(20)21-17-10-6-15(7-11-17)14-4-8-16(19)9-5-14/h6-7,10-11,13-14H,3-5,8-9,12H2,1-2H3. The molecule has 3 nitrogen and oxygen atoms in total. The number of ether oxygens (including phenoxy) is 1. The summed E-state index contributed by atoms with van der Waals surface area (Å²) >= 11 is 0. The van der Waals surface area contributed by atoms with E-state index < -0.39 is 0 Å². The Morgan fingerprint density at radius 1 is 1.19 bits per heavy atom. The zero-order valence-electron chi connectivity index (χ0n) is 12.9. The molecule has 0 amide bonds. The van der Waals surface area contributed by atoms with Crippen molar-refractivity contribution in [2.75, 3.05) is 0 Å². The van der Waals surface area contributed by atoms with Gasteiger partial charge in [0, 0.05) is 19.3 Å². The molecule has 114 valence electrons.